The normalized spacial score (nSPS) is 9.17. The molecule has 2 nitrogen and oxygen atoms in total. The summed E-state index contributed by atoms with van der Waals surface area (Å²) in [6.45, 7) is 5.76. The molecule has 18 heavy (non-hydrogen) atoms. The molecule has 0 atom stereocenters. The number of benzene rings is 1. The average molecular weight is 323 g/mol. The van der Waals surface area contributed by atoms with E-state index in [4.69, 9.17) is 5.73 Å². The number of nitrogens with one attached hydrogen (secondary N) is 1. The number of Topliss-reactive ketones (excluding diaryl/α,β-unsaturated/α-hetero) is 1. The average Bonchev–Trinajstić information content (AvgIpc) is 2.37. The molecule has 1 radical (unpaired) electrons. The summed E-state index contributed by atoms with van der Waals surface area (Å²) in [5, 5.41) is 0. The smallest absolute Gasteiger partial charge is 0.114 e. The maximum atomic E-state index is 10.3. The van der Waals surface area contributed by atoms with E-state index in [9.17, 15) is 4.79 Å². The molecule has 0 saturated carbocycles. The summed E-state index contributed by atoms with van der Waals surface area (Å²) in [5.74, 6) is 0.0532. The first-order valence-corrected chi connectivity index (χ1v) is 6.33. The molecular formula is C15H24NOY-. The predicted octanol–water partition coefficient (Wildman–Crippen LogP) is 4.29. The summed E-state index contributed by atoms with van der Waals surface area (Å²) in [6, 6.07) is 10.6. The SMILES string of the molecule is CC(C)C(=O)C[NH-].CCCCc1ccccc1.[Y]. The Bertz CT molecular complexity index is 299. The summed E-state index contributed by atoms with van der Waals surface area (Å²) in [6.07, 6.45) is 3.83. The van der Waals surface area contributed by atoms with Crippen LogP contribution >= 0.6 is 0 Å². The quantitative estimate of drug-likeness (QED) is 0.797. The molecule has 0 aromatic heterocycles. The van der Waals surface area contributed by atoms with Crippen molar-refractivity contribution in [2.24, 2.45) is 5.92 Å². The second kappa shape index (κ2) is 13.4. The van der Waals surface area contributed by atoms with E-state index in [-0.39, 0.29) is 51.0 Å². The molecular weight excluding hydrogens is 299 g/mol. The van der Waals surface area contributed by atoms with Crippen LogP contribution in [0, 0.1) is 5.92 Å². The first kappa shape index (κ1) is 20.3. The monoisotopic (exact) mass is 323 g/mol. The molecule has 0 amide bonds. The van der Waals surface area contributed by atoms with Crippen molar-refractivity contribution in [3.05, 3.63) is 41.6 Å². The van der Waals surface area contributed by atoms with Crippen molar-refractivity contribution in [1.29, 1.82) is 0 Å². The van der Waals surface area contributed by atoms with Crippen LogP contribution in [-0.4, -0.2) is 12.3 Å². The maximum absolute atomic E-state index is 10.3. The van der Waals surface area contributed by atoms with Crippen LogP contribution < -0.4 is 0 Å². The van der Waals surface area contributed by atoms with Gasteiger partial charge in [-0.05, 0) is 18.4 Å². The van der Waals surface area contributed by atoms with Crippen molar-refractivity contribution in [3.8, 4) is 0 Å². The molecule has 0 saturated heterocycles. The number of ketones is 1. The number of carbonyl (C=O) groups is 1. The molecule has 0 bridgehead atoms. The fraction of sp³-hybridized carbons (Fsp3) is 0.533. The molecule has 0 aliphatic heterocycles. The van der Waals surface area contributed by atoms with Gasteiger partial charge in [0.15, 0.2) is 0 Å². The van der Waals surface area contributed by atoms with Gasteiger partial charge in [-0.2, -0.15) is 0 Å². The molecule has 1 aromatic rings. The van der Waals surface area contributed by atoms with Crippen LogP contribution in [0.25, 0.3) is 5.73 Å². The first-order chi connectivity index (χ1) is 8.11. The minimum atomic E-state index is -0.0718. The summed E-state index contributed by atoms with van der Waals surface area (Å²) >= 11 is 0. The minimum absolute atomic E-state index is 0. The van der Waals surface area contributed by atoms with Gasteiger partial charge in [0.1, 0.15) is 5.78 Å². The first-order valence-electron chi connectivity index (χ1n) is 6.33. The second-order valence-corrected chi connectivity index (χ2v) is 4.39. The fourth-order valence-electron chi connectivity index (χ4n) is 1.23. The van der Waals surface area contributed by atoms with Crippen molar-refractivity contribution >= 4 is 5.78 Å². The van der Waals surface area contributed by atoms with Crippen LogP contribution in [0.1, 0.15) is 39.2 Å². The van der Waals surface area contributed by atoms with Crippen LogP contribution in [0.3, 0.4) is 0 Å². The van der Waals surface area contributed by atoms with Gasteiger partial charge in [0, 0.05) is 38.6 Å². The zero-order chi connectivity index (χ0) is 13.1. The van der Waals surface area contributed by atoms with Gasteiger partial charge >= 0.3 is 0 Å². The van der Waals surface area contributed by atoms with Crippen molar-refractivity contribution in [2.45, 2.75) is 40.0 Å². The van der Waals surface area contributed by atoms with Crippen molar-refractivity contribution in [2.75, 3.05) is 6.54 Å². The molecule has 0 fully saturated rings. The molecule has 1 rings (SSSR count). The van der Waals surface area contributed by atoms with Gasteiger partial charge in [-0.25, -0.2) is 0 Å². The van der Waals surface area contributed by atoms with Gasteiger partial charge in [0.2, 0.25) is 0 Å². The summed E-state index contributed by atoms with van der Waals surface area (Å²) < 4.78 is 0. The Balaban J connectivity index is 0. The van der Waals surface area contributed by atoms with Crippen molar-refractivity contribution < 1.29 is 37.5 Å². The Hall–Kier alpha value is -0.0461. The van der Waals surface area contributed by atoms with Crippen molar-refractivity contribution in [3.63, 3.8) is 0 Å². The van der Waals surface area contributed by atoms with E-state index >= 15 is 0 Å². The number of hydrogen-bond acceptors (Lipinski definition) is 1. The molecule has 0 aliphatic rings. The van der Waals surface area contributed by atoms with Crippen molar-refractivity contribution in [1.82, 2.24) is 0 Å². The molecule has 99 valence electrons. The molecule has 0 unspecified atom stereocenters. The van der Waals surface area contributed by atoms with Gasteiger partial charge in [-0.15, -0.1) is 0 Å². The Morgan fingerprint density at radius 1 is 1.22 bits per heavy atom. The maximum Gasteiger partial charge on any atom is 0.114 e. The minimum Gasteiger partial charge on any atom is -0.671 e. The molecule has 3 heteroatoms. The Morgan fingerprint density at radius 3 is 2.11 bits per heavy atom. The third-order valence-electron chi connectivity index (χ3n) is 2.48. The van der Waals surface area contributed by atoms with Gasteiger partial charge in [0.25, 0.3) is 0 Å². The zero-order valence-electron chi connectivity index (χ0n) is 11.8. The predicted molar refractivity (Wildman–Crippen MR) is 74.1 cm³/mol. The Labute approximate surface area is 137 Å². The van der Waals surface area contributed by atoms with Gasteiger partial charge < -0.3 is 10.5 Å². The van der Waals surface area contributed by atoms with E-state index in [0.29, 0.717) is 0 Å². The van der Waals surface area contributed by atoms with Gasteiger partial charge in [-0.3, -0.25) is 0 Å². The van der Waals surface area contributed by atoms with E-state index in [1.54, 1.807) is 13.8 Å². The largest absolute Gasteiger partial charge is 0.671 e. The molecule has 1 aromatic carbocycles. The van der Waals surface area contributed by atoms with E-state index < -0.39 is 0 Å². The number of carbonyl (C=O) groups excluding carboxylic acids is 1. The number of aryl methyl sites for hydroxylation is 1. The van der Waals surface area contributed by atoms with E-state index in [1.165, 1.54) is 24.8 Å². The van der Waals surface area contributed by atoms with E-state index in [1.807, 2.05) is 0 Å². The van der Waals surface area contributed by atoms with E-state index in [0.717, 1.165) is 0 Å². The summed E-state index contributed by atoms with van der Waals surface area (Å²) in [7, 11) is 0. The number of unbranched alkanes of at least 4 members (excludes halogenated alkanes) is 1. The summed E-state index contributed by atoms with van der Waals surface area (Å²) in [4.78, 5) is 10.3. The van der Waals surface area contributed by atoms with Gasteiger partial charge in [0.05, 0.1) is 0 Å². The third-order valence-corrected chi connectivity index (χ3v) is 2.48. The molecule has 0 spiro atoms. The standard InChI is InChI=1S/C10H14.C5H10NO.Y/c1-2-3-7-10-8-5-4-6-9-10;1-4(2)5(7)3-6;/h4-6,8-9H,2-3,7H2,1H3;4,6H,3H2,1-2H3;/q;-1;. The Morgan fingerprint density at radius 2 is 1.78 bits per heavy atom. The zero-order valence-corrected chi connectivity index (χ0v) is 14.6. The van der Waals surface area contributed by atoms with Gasteiger partial charge in [-0.1, -0.05) is 64.1 Å². The fourth-order valence-corrected chi connectivity index (χ4v) is 1.23. The number of hydrogen-bond donors (Lipinski definition) is 0. The third kappa shape index (κ3) is 11.1. The van der Waals surface area contributed by atoms with Crippen LogP contribution in [0.2, 0.25) is 0 Å². The van der Waals surface area contributed by atoms with Crippen LogP contribution in [-0.2, 0) is 43.9 Å². The second-order valence-electron chi connectivity index (χ2n) is 4.39. The molecule has 1 N–H and O–H groups in total. The molecule has 0 aliphatic carbocycles. The topological polar surface area (TPSA) is 40.9 Å². The van der Waals surface area contributed by atoms with Crippen LogP contribution in [0.5, 0.6) is 0 Å². The van der Waals surface area contributed by atoms with Crippen LogP contribution in [0.15, 0.2) is 30.3 Å². The Kier molecular flexibility index (Phi) is 15.1. The number of rotatable bonds is 5. The summed E-state index contributed by atoms with van der Waals surface area (Å²) in [5.41, 5.74) is 8.05. The van der Waals surface area contributed by atoms with Crippen LogP contribution in [0.4, 0.5) is 0 Å². The molecule has 0 heterocycles. The van der Waals surface area contributed by atoms with E-state index in [2.05, 4.69) is 37.3 Å².